The number of nitrogens with two attached hydrogens (primary N) is 1. The van der Waals surface area contributed by atoms with Gasteiger partial charge in [0, 0.05) is 0 Å². The molecule has 0 aliphatic carbocycles. The van der Waals surface area contributed by atoms with Crippen LogP contribution in [-0.2, 0) is 6.42 Å². The maximum absolute atomic E-state index is 5.63. The Morgan fingerprint density at radius 3 is 2.71 bits per heavy atom. The van der Waals surface area contributed by atoms with Crippen LogP contribution in [0, 0.1) is 0 Å². The molecule has 2 rings (SSSR count). The highest BCUT2D eigenvalue weighted by molar-refractivity contribution is 5.21. The Hall–Kier alpha value is -1.78. The quantitative estimate of drug-likeness (QED) is 0.588. The molecule has 0 bridgehead atoms. The number of nitrogens with one attached hydrogen (secondary N) is 1. The molecule has 1 atom stereocenters. The van der Waals surface area contributed by atoms with Crippen molar-refractivity contribution >= 4 is 0 Å². The monoisotopic (exact) mass is 232 g/mol. The Kier molecular flexibility index (Phi) is 4.18. The number of hydrogen-bond donors (Lipinski definition) is 2. The normalized spacial score (nSPS) is 12.3. The third kappa shape index (κ3) is 3.62. The lowest BCUT2D eigenvalue weighted by Gasteiger charge is -2.15. The predicted octanol–water partition coefficient (Wildman–Crippen LogP) is 1.73. The molecule has 4 nitrogen and oxygen atoms in total. The summed E-state index contributed by atoms with van der Waals surface area (Å²) in [7, 11) is 0. The Balaban J connectivity index is 1.84. The molecule has 0 saturated carbocycles. The molecule has 0 spiro atoms. The summed E-state index contributed by atoms with van der Waals surface area (Å²) in [5, 5.41) is 0. The van der Waals surface area contributed by atoms with E-state index in [1.165, 1.54) is 0 Å². The zero-order valence-electron chi connectivity index (χ0n) is 9.50. The molecule has 0 aliphatic rings. The average molecular weight is 232 g/mol. The second-order valence-corrected chi connectivity index (χ2v) is 3.82. The maximum Gasteiger partial charge on any atom is 0.119 e. The summed E-state index contributed by atoms with van der Waals surface area (Å²) in [6.45, 7) is 0.520. The molecule has 1 aromatic carbocycles. The van der Waals surface area contributed by atoms with Crippen LogP contribution >= 0.6 is 0 Å². The topological polar surface area (TPSA) is 60.4 Å². The lowest BCUT2D eigenvalue weighted by Crippen LogP contribution is -2.41. The fraction of sp³-hybridized carbons (Fsp3) is 0.231. The highest BCUT2D eigenvalue weighted by Gasteiger charge is 2.09. The van der Waals surface area contributed by atoms with Crippen molar-refractivity contribution in [3.8, 4) is 5.75 Å². The molecular weight excluding hydrogens is 216 g/mol. The molecule has 0 aliphatic heterocycles. The summed E-state index contributed by atoms with van der Waals surface area (Å²) >= 11 is 0. The summed E-state index contributed by atoms with van der Waals surface area (Å²) in [4.78, 5) is 0. The van der Waals surface area contributed by atoms with Gasteiger partial charge in [0.25, 0.3) is 0 Å². The molecule has 90 valence electrons. The van der Waals surface area contributed by atoms with Crippen LogP contribution in [0.15, 0.2) is 53.3 Å². The summed E-state index contributed by atoms with van der Waals surface area (Å²) in [5.41, 5.74) is 3.85. The first-order chi connectivity index (χ1) is 8.38. The minimum Gasteiger partial charge on any atom is -0.492 e. The van der Waals surface area contributed by atoms with Crippen molar-refractivity contribution in [1.29, 1.82) is 0 Å². The molecule has 17 heavy (non-hydrogen) atoms. The minimum absolute atomic E-state index is 0.0628. The first-order valence-corrected chi connectivity index (χ1v) is 5.53. The first kappa shape index (κ1) is 11.7. The minimum atomic E-state index is 0.0628. The standard InChI is InChI=1S/C13H16N2O2/c14-15-12(8-11-6-7-16-9-11)10-17-13-4-2-1-3-5-13/h1-7,9,12,15H,8,10,14H2. The highest BCUT2D eigenvalue weighted by Crippen LogP contribution is 2.10. The van der Waals surface area contributed by atoms with E-state index in [1.807, 2.05) is 36.4 Å². The van der Waals surface area contributed by atoms with Gasteiger partial charge in [-0.15, -0.1) is 0 Å². The molecule has 0 fully saturated rings. The Labute approximate surface area is 100 Å². The SMILES string of the molecule is NNC(COc1ccccc1)Cc1ccoc1. The van der Waals surface area contributed by atoms with Crippen LogP contribution < -0.4 is 16.0 Å². The third-order valence-corrected chi connectivity index (χ3v) is 2.49. The summed E-state index contributed by atoms with van der Waals surface area (Å²) in [5.74, 6) is 6.34. The van der Waals surface area contributed by atoms with Gasteiger partial charge in [-0.3, -0.25) is 11.3 Å². The molecule has 1 aromatic heterocycles. The average Bonchev–Trinajstić information content (AvgIpc) is 2.88. The molecule has 3 N–H and O–H groups in total. The van der Waals surface area contributed by atoms with Crippen molar-refractivity contribution in [2.24, 2.45) is 5.84 Å². The zero-order valence-corrected chi connectivity index (χ0v) is 9.50. The van der Waals surface area contributed by atoms with E-state index in [4.69, 9.17) is 15.0 Å². The molecule has 1 heterocycles. The van der Waals surface area contributed by atoms with E-state index < -0.39 is 0 Å². The smallest absolute Gasteiger partial charge is 0.119 e. The third-order valence-electron chi connectivity index (χ3n) is 2.49. The fourth-order valence-electron chi connectivity index (χ4n) is 1.57. The van der Waals surface area contributed by atoms with E-state index in [0.717, 1.165) is 17.7 Å². The Morgan fingerprint density at radius 2 is 2.06 bits per heavy atom. The molecule has 0 amide bonds. The largest absolute Gasteiger partial charge is 0.492 e. The highest BCUT2D eigenvalue weighted by atomic mass is 16.5. The van der Waals surface area contributed by atoms with E-state index in [2.05, 4.69) is 5.43 Å². The van der Waals surface area contributed by atoms with Gasteiger partial charge in [0.2, 0.25) is 0 Å². The van der Waals surface area contributed by atoms with Crippen LogP contribution in [0.3, 0.4) is 0 Å². The van der Waals surface area contributed by atoms with E-state index in [0.29, 0.717) is 6.61 Å². The lowest BCUT2D eigenvalue weighted by molar-refractivity contribution is 0.264. The summed E-state index contributed by atoms with van der Waals surface area (Å²) < 4.78 is 10.6. The zero-order chi connectivity index (χ0) is 11.9. The maximum atomic E-state index is 5.63. The second-order valence-electron chi connectivity index (χ2n) is 3.82. The number of para-hydroxylation sites is 1. The van der Waals surface area contributed by atoms with Crippen molar-refractivity contribution in [2.45, 2.75) is 12.5 Å². The van der Waals surface area contributed by atoms with Crippen LogP contribution in [0.4, 0.5) is 0 Å². The molecule has 0 saturated heterocycles. The van der Waals surface area contributed by atoms with Gasteiger partial charge in [0.05, 0.1) is 18.6 Å². The van der Waals surface area contributed by atoms with Gasteiger partial charge in [-0.1, -0.05) is 18.2 Å². The summed E-state index contributed by atoms with van der Waals surface area (Å²) in [6.07, 6.45) is 4.15. The van der Waals surface area contributed by atoms with Gasteiger partial charge >= 0.3 is 0 Å². The Morgan fingerprint density at radius 1 is 1.24 bits per heavy atom. The molecule has 4 heteroatoms. The number of ether oxygens (including phenoxy) is 1. The number of hydrazine groups is 1. The van der Waals surface area contributed by atoms with Crippen LogP contribution in [0.25, 0.3) is 0 Å². The Bertz CT molecular complexity index is 414. The van der Waals surface area contributed by atoms with Crippen molar-refractivity contribution in [1.82, 2.24) is 5.43 Å². The first-order valence-electron chi connectivity index (χ1n) is 5.53. The van der Waals surface area contributed by atoms with Crippen molar-refractivity contribution in [3.63, 3.8) is 0 Å². The number of hydrogen-bond acceptors (Lipinski definition) is 4. The van der Waals surface area contributed by atoms with Crippen LogP contribution in [0.5, 0.6) is 5.75 Å². The van der Waals surface area contributed by atoms with Gasteiger partial charge in [0.1, 0.15) is 12.4 Å². The van der Waals surface area contributed by atoms with Gasteiger partial charge in [-0.05, 0) is 30.2 Å². The summed E-state index contributed by atoms with van der Waals surface area (Å²) in [6, 6.07) is 11.7. The van der Waals surface area contributed by atoms with E-state index in [-0.39, 0.29) is 6.04 Å². The number of rotatable bonds is 6. The van der Waals surface area contributed by atoms with Crippen LogP contribution in [0.1, 0.15) is 5.56 Å². The van der Waals surface area contributed by atoms with Gasteiger partial charge in [-0.25, -0.2) is 0 Å². The molecule has 2 aromatic rings. The van der Waals surface area contributed by atoms with Crippen molar-refractivity contribution < 1.29 is 9.15 Å². The van der Waals surface area contributed by atoms with Crippen LogP contribution in [-0.4, -0.2) is 12.6 Å². The van der Waals surface area contributed by atoms with Gasteiger partial charge in [0.15, 0.2) is 0 Å². The van der Waals surface area contributed by atoms with Crippen molar-refractivity contribution in [3.05, 3.63) is 54.5 Å². The van der Waals surface area contributed by atoms with Gasteiger partial charge < -0.3 is 9.15 Å². The van der Waals surface area contributed by atoms with E-state index in [9.17, 15) is 0 Å². The molecular formula is C13H16N2O2. The fourth-order valence-corrected chi connectivity index (χ4v) is 1.57. The molecule has 0 radical (unpaired) electrons. The number of benzene rings is 1. The van der Waals surface area contributed by atoms with Gasteiger partial charge in [-0.2, -0.15) is 0 Å². The van der Waals surface area contributed by atoms with Crippen molar-refractivity contribution in [2.75, 3.05) is 6.61 Å². The van der Waals surface area contributed by atoms with E-state index in [1.54, 1.807) is 12.5 Å². The second kappa shape index (κ2) is 6.08. The lowest BCUT2D eigenvalue weighted by atomic mass is 10.1. The molecule has 1 unspecified atom stereocenters. The number of furan rings is 1. The van der Waals surface area contributed by atoms with Crippen LogP contribution in [0.2, 0.25) is 0 Å². The van der Waals surface area contributed by atoms with E-state index >= 15 is 0 Å². The predicted molar refractivity (Wildman–Crippen MR) is 65.5 cm³/mol.